The molecule has 3 rings (SSSR count). The van der Waals surface area contributed by atoms with Gasteiger partial charge in [-0.25, -0.2) is 0 Å². The number of piperazine rings is 1. The van der Waals surface area contributed by atoms with Gasteiger partial charge in [0.25, 0.3) is 0 Å². The van der Waals surface area contributed by atoms with Crippen LogP contribution in [0.15, 0.2) is 34.9 Å². The van der Waals surface area contributed by atoms with Gasteiger partial charge < -0.3 is 15.2 Å². The average Bonchev–Trinajstić information content (AvgIpc) is 3.07. The summed E-state index contributed by atoms with van der Waals surface area (Å²) < 4.78 is 4.94. The number of carbonyl (C=O) groups excluding carboxylic acids is 2. The van der Waals surface area contributed by atoms with E-state index in [1.165, 1.54) is 5.56 Å². The number of hydrogen-bond donors (Lipinski definition) is 2. The second-order valence-corrected chi connectivity index (χ2v) is 7.13. The van der Waals surface area contributed by atoms with Crippen molar-refractivity contribution < 1.29 is 14.1 Å². The summed E-state index contributed by atoms with van der Waals surface area (Å²) in [6, 6.07) is 9.73. The average molecular weight is 385 g/mol. The molecular weight excluding hydrogens is 358 g/mol. The van der Waals surface area contributed by atoms with Crippen LogP contribution in [0.4, 0.5) is 5.82 Å². The second kappa shape index (κ2) is 9.48. The Labute approximate surface area is 164 Å². The summed E-state index contributed by atoms with van der Waals surface area (Å²) in [6.07, 6.45) is 0. The van der Waals surface area contributed by atoms with E-state index >= 15 is 0 Å². The number of nitrogens with one attached hydrogen (secondary N) is 2. The second-order valence-electron chi connectivity index (χ2n) is 7.13. The normalized spacial score (nSPS) is 15.4. The van der Waals surface area contributed by atoms with E-state index in [0.29, 0.717) is 31.2 Å². The Bertz CT molecular complexity index is 812. The van der Waals surface area contributed by atoms with E-state index in [0.717, 1.165) is 31.7 Å². The van der Waals surface area contributed by atoms with Crippen LogP contribution in [0, 0.1) is 13.8 Å². The maximum Gasteiger partial charge on any atom is 0.239 e. The molecule has 1 saturated heterocycles. The molecular formula is C20H27N5O3. The molecule has 1 fully saturated rings. The van der Waals surface area contributed by atoms with Crippen molar-refractivity contribution in [2.75, 3.05) is 44.6 Å². The van der Waals surface area contributed by atoms with Gasteiger partial charge in [-0.05, 0) is 25.0 Å². The van der Waals surface area contributed by atoms with E-state index < -0.39 is 0 Å². The van der Waals surface area contributed by atoms with Gasteiger partial charge in [-0.3, -0.25) is 19.4 Å². The van der Waals surface area contributed by atoms with Crippen LogP contribution in [0.1, 0.15) is 16.9 Å². The van der Waals surface area contributed by atoms with Crippen LogP contribution < -0.4 is 10.6 Å². The molecule has 0 spiro atoms. The van der Waals surface area contributed by atoms with Crippen LogP contribution in [-0.2, 0) is 16.1 Å². The molecule has 8 heteroatoms. The van der Waals surface area contributed by atoms with Crippen molar-refractivity contribution in [2.24, 2.45) is 0 Å². The maximum atomic E-state index is 12.2. The minimum Gasteiger partial charge on any atom is -0.360 e. The Morgan fingerprint density at radius 2 is 1.68 bits per heavy atom. The highest BCUT2D eigenvalue weighted by Crippen LogP contribution is 2.08. The summed E-state index contributed by atoms with van der Waals surface area (Å²) in [6.45, 7) is 8.06. The van der Waals surface area contributed by atoms with Gasteiger partial charge in [0.05, 0.1) is 13.1 Å². The SMILES string of the molecule is Cc1cc(NC(=O)CN2CCN(CC(=O)NCc3ccccc3C)CC2)no1. The minimum absolute atomic E-state index is 0.0239. The van der Waals surface area contributed by atoms with Crippen molar-refractivity contribution in [2.45, 2.75) is 20.4 Å². The summed E-state index contributed by atoms with van der Waals surface area (Å²) in [7, 11) is 0. The van der Waals surface area contributed by atoms with Gasteiger partial charge in [-0.15, -0.1) is 0 Å². The van der Waals surface area contributed by atoms with Gasteiger partial charge in [0.15, 0.2) is 5.82 Å². The first-order chi connectivity index (χ1) is 13.5. The van der Waals surface area contributed by atoms with Crippen molar-refractivity contribution in [3.63, 3.8) is 0 Å². The van der Waals surface area contributed by atoms with Gasteiger partial charge in [0.2, 0.25) is 11.8 Å². The molecule has 2 N–H and O–H groups in total. The molecule has 2 amide bonds. The van der Waals surface area contributed by atoms with E-state index in [9.17, 15) is 9.59 Å². The third-order valence-corrected chi connectivity index (χ3v) is 4.83. The standard InChI is InChI=1S/C20H27N5O3/c1-15-5-3-4-6-17(15)12-21-19(26)13-24-7-9-25(10-8-24)14-20(27)22-18-11-16(2)28-23-18/h3-6,11H,7-10,12-14H2,1-2H3,(H,21,26)(H,22,23,27). The monoisotopic (exact) mass is 385 g/mol. The van der Waals surface area contributed by atoms with Crippen molar-refractivity contribution in [3.05, 3.63) is 47.2 Å². The molecule has 8 nitrogen and oxygen atoms in total. The first kappa shape index (κ1) is 20.0. The Morgan fingerprint density at radius 3 is 2.29 bits per heavy atom. The predicted molar refractivity (Wildman–Crippen MR) is 106 cm³/mol. The van der Waals surface area contributed by atoms with Crippen molar-refractivity contribution >= 4 is 17.6 Å². The molecule has 0 atom stereocenters. The summed E-state index contributed by atoms with van der Waals surface area (Å²) in [4.78, 5) is 28.5. The molecule has 0 saturated carbocycles. The lowest BCUT2D eigenvalue weighted by atomic mass is 10.1. The Kier molecular flexibility index (Phi) is 6.78. The predicted octanol–water partition coefficient (Wildman–Crippen LogP) is 1.16. The Balaban J connectivity index is 1.35. The largest absolute Gasteiger partial charge is 0.360 e. The lowest BCUT2D eigenvalue weighted by Crippen LogP contribution is -2.50. The molecule has 0 bridgehead atoms. The third kappa shape index (κ3) is 5.90. The topological polar surface area (TPSA) is 90.7 Å². The van der Waals surface area contributed by atoms with Crippen LogP contribution in [0.5, 0.6) is 0 Å². The van der Waals surface area contributed by atoms with Crippen LogP contribution in [0.3, 0.4) is 0 Å². The number of nitrogens with zero attached hydrogens (tertiary/aromatic N) is 3. The van der Waals surface area contributed by atoms with Gasteiger partial charge in [-0.2, -0.15) is 0 Å². The highest BCUT2D eigenvalue weighted by atomic mass is 16.5. The van der Waals surface area contributed by atoms with Crippen molar-refractivity contribution in [1.29, 1.82) is 0 Å². The maximum absolute atomic E-state index is 12.2. The number of carbonyl (C=O) groups is 2. The van der Waals surface area contributed by atoms with E-state index in [2.05, 4.69) is 25.6 Å². The molecule has 2 heterocycles. The van der Waals surface area contributed by atoms with Gasteiger partial charge in [0.1, 0.15) is 5.76 Å². The smallest absolute Gasteiger partial charge is 0.239 e. The molecule has 150 valence electrons. The fourth-order valence-electron chi connectivity index (χ4n) is 3.18. The first-order valence-corrected chi connectivity index (χ1v) is 9.48. The summed E-state index contributed by atoms with van der Waals surface area (Å²) in [5.74, 6) is 1.00. The van der Waals surface area contributed by atoms with E-state index in [-0.39, 0.29) is 11.8 Å². The van der Waals surface area contributed by atoms with Gasteiger partial charge in [-0.1, -0.05) is 29.4 Å². The number of aromatic nitrogens is 1. The van der Waals surface area contributed by atoms with Crippen LogP contribution >= 0.6 is 0 Å². The number of aryl methyl sites for hydroxylation is 2. The van der Waals surface area contributed by atoms with Crippen LogP contribution in [0.25, 0.3) is 0 Å². The van der Waals surface area contributed by atoms with E-state index in [4.69, 9.17) is 4.52 Å². The number of benzene rings is 1. The Hall–Kier alpha value is -2.71. The molecule has 1 aliphatic heterocycles. The zero-order valence-electron chi connectivity index (χ0n) is 16.4. The number of rotatable bonds is 7. The number of hydrogen-bond acceptors (Lipinski definition) is 6. The zero-order chi connectivity index (χ0) is 19.9. The van der Waals surface area contributed by atoms with Crippen LogP contribution in [0.2, 0.25) is 0 Å². The molecule has 0 unspecified atom stereocenters. The minimum atomic E-state index is -0.113. The molecule has 0 aliphatic carbocycles. The number of anilines is 1. The summed E-state index contributed by atoms with van der Waals surface area (Å²) >= 11 is 0. The highest BCUT2D eigenvalue weighted by Gasteiger charge is 2.21. The number of amides is 2. The third-order valence-electron chi connectivity index (χ3n) is 4.83. The fourth-order valence-corrected chi connectivity index (χ4v) is 3.18. The molecule has 1 aromatic heterocycles. The molecule has 2 aromatic rings. The van der Waals surface area contributed by atoms with Gasteiger partial charge in [0, 0.05) is 38.8 Å². The molecule has 28 heavy (non-hydrogen) atoms. The lowest BCUT2D eigenvalue weighted by Gasteiger charge is -2.33. The Morgan fingerprint density at radius 1 is 1.04 bits per heavy atom. The fraction of sp³-hybridized carbons (Fsp3) is 0.450. The van der Waals surface area contributed by atoms with Crippen molar-refractivity contribution in [1.82, 2.24) is 20.3 Å². The first-order valence-electron chi connectivity index (χ1n) is 9.48. The van der Waals surface area contributed by atoms with E-state index in [1.54, 1.807) is 13.0 Å². The molecule has 0 radical (unpaired) electrons. The van der Waals surface area contributed by atoms with Crippen LogP contribution in [-0.4, -0.2) is 66.0 Å². The molecule has 1 aromatic carbocycles. The highest BCUT2D eigenvalue weighted by molar-refractivity contribution is 5.91. The lowest BCUT2D eigenvalue weighted by molar-refractivity contribution is -0.123. The zero-order valence-corrected chi connectivity index (χ0v) is 16.4. The molecule has 1 aliphatic rings. The quantitative estimate of drug-likeness (QED) is 0.743. The van der Waals surface area contributed by atoms with Gasteiger partial charge >= 0.3 is 0 Å². The van der Waals surface area contributed by atoms with Crippen molar-refractivity contribution in [3.8, 4) is 0 Å². The summed E-state index contributed by atoms with van der Waals surface area (Å²) in [5.41, 5.74) is 2.31. The summed E-state index contributed by atoms with van der Waals surface area (Å²) in [5, 5.41) is 9.47. The van der Waals surface area contributed by atoms with E-state index in [1.807, 2.05) is 31.2 Å².